The number of rotatable bonds is 3. The van der Waals surface area contributed by atoms with Crippen molar-refractivity contribution < 1.29 is 4.79 Å². The molecule has 1 aliphatic heterocycles. The Morgan fingerprint density at radius 3 is 2.27 bits per heavy atom. The highest BCUT2D eigenvalue weighted by Gasteiger charge is 2.47. The van der Waals surface area contributed by atoms with E-state index >= 15 is 0 Å². The van der Waals surface area contributed by atoms with E-state index < -0.39 is 0 Å². The molecule has 1 heterocycles. The van der Waals surface area contributed by atoms with E-state index in [4.69, 9.17) is 0 Å². The summed E-state index contributed by atoms with van der Waals surface area (Å²) in [5, 5.41) is 2.33. The van der Waals surface area contributed by atoms with Gasteiger partial charge in [0.15, 0.2) is 0 Å². The molecule has 0 spiro atoms. The van der Waals surface area contributed by atoms with Crippen LogP contribution >= 0.6 is 0 Å². The smallest absolute Gasteiger partial charge is 0.231 e. The first-order valence-corrected chi connectivity index (χ1v) is 11.8. The number of nitrogens with zero attached hydrogens (tertiary/aromatic N) is 1. The number of para-hydroxylation sites is 1. The van der Waals surface area contributed by atoms with E-state index in [1.165, 1.54) is 22.1 Å². The van der Waals surface area contributed by atoms with E-state index in [1.54, 1.807) is 0 Å². The molecule has 0 N–H and O–H groups in total. The molecule has 4 aromatic carbocycles. The Kier molecular flexibility index (Phi) is 5.12. The summed E-state index contributed by atoms with van der Waals surface area (Å²) in [6.07, 6.45) is 1.25. The quantitative estimate of drug-likeness (QED) is 0.334. The van der Waals surface area contributed by atoms with E-state index in [0.717, 1.165) is 23.1 Å². The molecule has 0 saturated heterocycles. The number of hydrogen-bond donors (Lipinski definition) is 0. The average molecular weight is 434 g/mol. The van der Waals surface area contributed by atoms with Gasteiger partial charge in [0.2, 0.25) is 5.91 Å². The third-order valence-corrected chi connectivity index (χ3v) is 7.29. The Morgan fingerprint density at radius 1 is 0.818 bits per heavy atom. The van der Waals surface area contributed by atoms with Gasteiger partial charge in [-0.15, -0.1) is 0 Å². The van der Waals surface area contributed by atoms with Crippen molar-refractivity contribution in [1.82, 2.24) is 0 Å². The van der Waals surface area contributed by atoms with Gasteiger partial charge < -0.3 is 4.90 Å². The minimum absolute atomic E-state index is 0.148. The Hall–Kier alpha value is -3.39. The number of fused-ring (bicyclic) bond motifs is 2. The molecule has 1 amide bonds. The Labute approximate surface area is 196 Å². The fourth-order valence-corrected chi connectivity index (χ4v) is 5.84. The fraction of sp³-hybridized carbons (Fsp3) is 0.258. The van der Waals surface area contributed by atoms with Crippen LogP contribution in [0.25, 0.3) is 10.8 Å². The lowest BCUT2D eigenvalue weighted by atomic mass is 9.65. The predicted molar refractivity (Wildman–Crippen MR) is 138 cm³/mol. The average Bonchev–Trinajstić information content (AvgIpc) is 2.79. The van der Waals surface area contributed by atoms with Crippen LogP contribution in [0.5, 0.6) is 0 Å². The molecule has 5 rings (SSSR count). The summed E-state index contributed by atoms with van der Waals surface area (Å²) in [6, 6.07) is 31.9. The molecule has 0 unspecified atom stereocenters. The number of carbonyl (C=O) groups excluding carboxylic acids is 1. The molecule has 166 valence electrons. The van der Waals surface area contributed by atoms with Crippen LogP contribution in [0, 0.1) is 6.92 Å². The van der Waals surface area contributed by atoms with Gasteiger partial charge in [-0.1, -0.05) is 97.4 Å². The maximum absolute atomic E-state index is 13.9. The number of amides is 1. The minimum atomic E-state index is -0.324. The Morgan fingerprint density at radius 2 is 1.48 bits per heavy atom. The van der Waals surface area contributed by atoms with Crippen LogP contribution in [0.15, 0.2) is 91.0 Å². The molecule has 1 aliphatic rings. The summed E-state index contributed by atoms with van der Waals surface area (Å²) in [6.45, 7) is 8.86. The second kappa shape index (κ2) is 7.88. The topological polar surface area (TPSA) is 20.3 Å². The molecule has 0 bridgehead atoms. The van der Waals surface area contributed by atoms with Gasteiger partial charge in [0, 0.05) is 16.6 Å². The summed E-state index contributed by atoms with van der Waals surface area (Å²) < 4.78 is 0. The van der Waals surface area contributed by atoms with Gasteiger partial charge in [0.1, 0.15) is 0 Å². The summed E-state index contributed by atoms with van der Waals surface area (Å²) in [5.41, 5.74) is 5.41. The number of benzene rings is 4. The second-order valence-corrected chi connectivity index (χ2v) is 10.2. The van der Waals surface area contributed by atoms with E-state index in [9.17, 15) is 4.79 Å². The third-order valence-electron chi connectivity index (χ3n) is 7.29. The molecule has 0 aromatic heterocycles. The molecule has 0 radical (unpaired) electrons. The molecule has 0 fully saturated rings. The molecule has 2 nitrogen and oxygen atoms in total. The minimum Gasteiger partial charge on any atom is -0.306 e. The molecule has 0 aliphatic carbocycles. The van der Waals surface area contributed by atoms with Crippen molar-refractivity contribution in [2.75, 3.05) is 4.90 Å². The first kappa shape index (κ1) is 21.5. The van der Waals surface area contributed by atoms with Crippen molar-refractivity contribution in [3.05, 3.63) is 113 Å². The zero-order chi connectivity index (χ0) is 23.2. The van der Waals surface area contributed by atoms with Crippen LogP contribution in [0.3, 0.4) is 0 Å². The summed E-state index contributed by atoms with van der Waals surface area (Å²) in [7, 11) is 0. The predicted octanol–water partition coefficient (Wildman–Crippen LogP) is 7.21. The Balaban J connectivity index is 1.59. The molecule has 0 saturated carbocycles. The van der Waals surface area contributed by atoms with E-state index in [1.807, 2.05) is 18.2 Å². The third kappa shape index (κ3) is 3.64. The van der Waals surface area contributed by atoms with Crippen LogP contribution < -0.4 is 4.90 Å². The first-order valence-electron chi connectivity index (χ1n) is 11.8. The summed E-state index contributed by atoms with van der Waals surface area (Å²) >= 11 is 0. The number of carbonyl (C=O) groups is 1. The highest BCUT2D eigenvalue weighted by atomic mass is 16.2. The highest BCUT2D eigenvalue weighted by Crippen LogP contribution is 2.50. The lowest BCUT2D eigenvalue weighted by Crippen LogP contribution is -2.56. The van der Waals surface area contributed by atoms with Gasteiger partial charge in [0.25, 0.3) is 0 Å². The zero-order valence-electron chi connectivity index (χ0n) is 19.9. The van der Waals surface area contributed by atoms with Gasteiger partial charge in [-0.2, -0.15) is 0 Å². The van der Waals surface area contributed by atoms with Crippen LogP contribution in [-0.2, 0) is 16.6 Å². The van der Waals surface area contributed by atoms with Crippen molar-refractivity contribution in [2.24, 2.45) is 0 Å². The lowest BCUT2D eigenvalue weighted by molar-refractivity contribution is -0.119. The van der Waals surface area contributed by atoms with Gasteiger partial charge in [-0.25, -0.2) is 0 Å². The molecule has 4 aromatic rings. The van der Waals surface area contributed by atoms with Crippen molar-refractivity contribution in [3.8, 4) is 0 Å². The first-order chi connectivity index (χ1) is 15.8. The van der Waals surface area contributed by atoms with E-state index in [0.29, 0.717) is 6.42 Å². The van der Waals surface area contributed by atoms with Crippen LogP contribution in [0.2, 0.25) is 0 Å². The maximum atomic E-state index is 13.9. The second-order valence-electron chi connectivity index (χ2n) is 10.2. The summed E-state index contributed by atoms with van der Waals surface area (Å²) in [5.74, 6) is 0.148. The van der Waals surface area contributed by atoms with Crippen molar-refractivity contribution in [2.45, 2.75) is 51.5 Å². The van der Waals surface area contributed by atoms with E-state index in [-0.39, 0.29) is 16.9 Å². The lowest BCUT2D eigenvalue weighted by Gasteiger charge is -2.51. The molecule has 1 atom stereocenters. The van der Waals surface area contributed by atoms with Gasteiger partial charge in [-0.3, -0.25) is 4.79 Å². The van der Waals surface area contributed by atoms with Crippen molar-refractivity contribution >= 4 is 22.4 Å². The Bertz CT molecular complexity index is 1330. The number of anilines is 1. The number of hydrogen-bond acceptors (Lipinski definition) is 1. The molecular weight excluding hydrogens is 402 g/mol. The van der Waals surface area contributed by atoms with Gasteiger partial charge in [0.05, 0.1) is 6.42 Å². The maximum Gasteiger partial charge on any atom is 0.231 e. The molecular formula is C31H31NO. The molecule has 33 heavy (non-hydrogen) atoms. The largest absolute Gasteiger partial charge is 0.306 e. The van der Waals surface area contributed by atoms with Gasteiger partial charge in [-0.05, 0) is 60.7 Å². The van der Waals surface area contributed by atoms with Crippen LogP contribution in [0.1, 0.15) is 49.4 Å². The highest BCUT2D eigenvalue weighted by molar-refractivity contribution is 6.00. The fourth-order valence-electron chi connectivity index (χ4n) is 5.84. The zero-order valence-corrected chi connectivity index (χ0v) is 19.9. The van der Waals surface area contributed by atoms with Gasteiger partial charge >= 0.3 is 0 Å². The molecule has 2 heteroatoms. The van der Waals surface area contributed by atoms with E-state index in [2.05, 4.69) is 105 Å². The summed E-state index contributed by atoms with van der Waals surface area (Å²) in [4.78, 5) is 16.0. The van der Waals surface area contributed by atoms with Crippen molar-refractivity contribution in [3.63, 3.8) is 0 Å². The monoisotopic (exact) mass is 433 g/mol. The number of aryl methyl sites for hydroxylation is 1. The standard InChI is InChI=1S/C31H31NO/c1-22-16-18-25(19-17-22)31(4)21-30(2,3)32(28-15-8-7-14-27(28)31)29(33)20-24-12-9-11-23-10-5-6-13-26(23)24/h5-19H,20-21H2,1-4H3/t31-/m0/s1. The van der Waals surface area contributed by atoms with Crippen LogP contribution in [-0.4, -0.2) is 11.4 Å². The van der Waals surface area contributed by atoms with Crippen molar-refractivity contribution in [1.29, 1.82) is 0 Å². The SMILES string of the molecule is Cc1ccc([C@]2(C)CC(C)(C)N(C(=O)Cc3cccc4ccccc34)c3ccccc32)cc1. The normalized spacial score (nSPS) is 19.3. The van der Waals surface area contributed by atoms with Crippen LogP contribution in [0.4, 0.5) is 5.69 Å².